The Labute approximate surface area is 180 Å². The molecule has 0 aliphatic heterocycles. The summed E-state index contributed by atoms with van der Waals surface area (Å²) >= 11 is 11.9. The number of alkyl halides is 3. The Kier molecular flexibility index (Phi) is 4.98. The van der Waals surface area contributed by atoms with Crippen molar-refractivity contribution >= 4 is 34.5 Å². The van der Waals surface area contributed by atoms with Crippen LogP contribution in [0.15, 0.2) is 53.3 Å². The van der Waals surface area contributed by atoms with Gasteiger partial charge < -0.3 is 4.98 Å². The first kappa shape index (κ1) is 20.9. The van der Waals surface area contributed by atoms with Crippen LogP contribution in [0.3, 0.4) is 0 Å². The Hall–Kier alpha value is -3.37. The zero-order chi connectivity index (χ0) is 22.5. The van der Waals surface area contributed by atoms with Gasteiger partial charge in [0, 0.05) is 18.2 Å². The quantitative estimate of drug-likeness (QED) is 0.313. The van der Waals surface area contributed by atoms with E-state index in [1.165, 1.54) is 42.5 Å². The molecule has 0 fully saturated rings. The number of nitro groups is 1. The van der Waals surface area contributed by atoms with E-state index in [4.69, 9.17) is 23.2 Å². The second kappa shape index (κ2) is 7.40. The average Bonchev–Trinajstić information content (AvgIpc) is 3.11. The zero-order valence-electron chi connectivity index (χ0n) is 15.1. The number of benzene rings is 2. The number of non-ortho nitro benzene ring substituents is 1. The van der Waals surface area contributed by atoms with E-state index in [-0.39, 0.29) is 38.2 Å². The largest absolute Gasteiger partial charge is 0.435 e. The number of halogens is 5. The van der Waals surface area contributed by atoms with Gasteiger partial charge in [0.15, 0.2) is 5.69 Å². The van der Waals surface area contributed by atoms with Gasteiger partial charge in [-0.15, -0.1) is 0 Å². The number of aromatic nitrogens is 3. The van der Waals surface area contributed by atoms with Gasteiger partial charge in [-0.1, -0.05) is 29.3 Å². The lowest BCUT2D eigenvalue weighted by Crippen LogP contribution is -2.15. The molecule has 0 aliphatic rings. The van der Waals surface area contributed by atoms with Crippen LogP contribution in [-0.4, -0.2) is 19.5 Å². The lowest BCUT2D eigenvalue weighted by molar-refractivity contribution is -0.384. The molecule has 0 aliphatic carbocycles. The van der Waals surface area contributed by atoms with Crippen molar-refractivity contribution in [2.45, 2.75) is 6.18 Å². The molecule has 2 aromatic heterocycles. The van der Waals surface area contributed by atoms with Crippen molar-refractivity contribution in [3.8, 4) is 22.4 Å². The summed E-state index contributed by atoms with van der Waals surface area (Å²) in [6, 6.07) is 10.1. The highest BCUT2D eigenvalue weighted by Crippen LogP contribution is 2.40. The van der Waals surface area contributed by atoms with Gasteiger partial charge in [0.2, 0.25) is 0 Å². The van der Waals surface area contributed by atoms with Crippen molar-refractivity contribution in [3.63, 3.8) is 0 Å². The molecule has 4 rings (SSSR count). The van der Waals surface area contributed by atoms with Crippen LogP contribution in [-0.2, 0) is 6.18 Å². The number of nitrogens with one attached hydrogen (secondary N) is 1. The fourth-order valence-corrected chi connectivity index (χ4v) is 3.38. The highest BCUT2D eigenvalue weighted by Gasteiger charge is 2.39. The number of hydrogen-bond donors (Lipinski definition) is 1. The number of H-pyrrole nitrogens is 1. The third-order valence-corrected chi connectivity index (χ3v) is 5.22. The minimum absolute atomic E-state index is 0.0283. The summed E-state index contributed by atoms with van der Waals surface area (Å²) in [6.45, 7) is 0. The van der Waals surface area contributed by atoms with Crippen molar-refractivity contribution in [2.24, 2.45) is 0 Å². The second-order valence-corrected chi connectivity index (χ2v) is 7.25. The Morgan fingerprint density at radius 2 is 1.65 bits per heavy atom. The summed E-state index contributed by atoms with van der Waals surface area (Å²) in [5.41, 5.74) is -2.31. The van der Waals surface area contributed by atoms with E-state index >= 15 is 0 Å². The van der Waals surface area contributed by atoms with Crippen molar-refractivity contribution < 1.29 is 18.1 Å². The molecule has 4 aromatic rings. The summed E-state index contributed by atoms with van der Waals surface area (Å²) in [7, 11) is 0. The van der Waals surface area contributed by atoms with Gasteiger partial charge in [-0.25, -0.2) is 0 Å². The standard InChI is InChI=1S/C19H9Cl2F3N4O3/c20-12-6-3-10(7-13(12)21)16-17(19(22,23)24)26-27-15(29)8-14(25-18(16)27)9-1-4-11(5-2-9)28(30)31/h1-8,25H. The molecule has 0 saturated heterocycles. The Bertz CT molecular complexity index is 1400. The van der Waals surface area contributed by atoms with E-state index in [0.717, 1.165) is 6.07 Å². The number of nitro benzene ring substituents is 1. The summed E-state index contributed by atoms with van der Waals surface area (Å²) < 4.78 is 41.7. The van der Waals surface area contributed by atoms with E-state index in [0.29, 0.717) is 10.1 Å². The van der Waals surface area contributed by atoms with Crippen LogP contribution in [0.25, 0.3) is 28.0 Å². The maximum absolute atomic E-state index is 13.7. The van der Waals surface area contributed by atoms with Crippen LogP contribution in [0.4, 0.5) is 18.9 Å². The summed E-state index contributed by atoms with van der Waals surface area (Å²) in [4.78, 5) is 25.6. The number of fused-ring (bicyclic) bond motifs is 1. The molecule has 0 atom stereocenters. The zero-order valence-corrected chi connectivity index (χ0v) is 16.6. The van der Waals surface area contributed by atoms with E-state index in [1.807, 2.05) is 0 Å². The normalized spacial score (nSPS) is 11.8. The van der Waals surface area contributed by atoms with Crippen molar-refractivity contribution in [2.75, 3.05) is 0 Å². The molecule has 1 N–H and O–H groups in total. The molecule has 0 radical (unpaired) electrons. The molecule has 0 bridgehead atoms. The molecule has 0 unspecified atom stereocenters. The summed E-state index contributed by atoms with van der Waals surface area (Å²) in [5, 5.41) is 14.5. The Balaban J connectivity index is 2.01. The van der Waals surface area contributed by atoms with Crippen molar-refractivity contribution in [3.05, 3.63) is 84.7 Å². The van der Waals surface area contributed by atoms with Gasteiger partial charge in [0.1, 0.15) is 5.65 Å². The highest BCUT2D eigenvalue weighted by atomic mass is 35.5. The van der Waals surface area contributed by atoms with Gasteiger partial charge in [0.25, 0.3) is 11.2 Å². The molecule has 0 amide bonds. The van der Waals surface area contributed by atoms with E-state index in [9.17, 15) is 28.1 Å². The predicted molar refractivity (Wildman–Crippen MR) is 108 cm³/mol. The molecule has 0 spiro atoms. The van der Waals surface area contributed by atoms with Crippen LogP contribution >= 0.6 is 23.2 Å². The lowest BCUT2D eigenvalue weighted by Gasteiger charge is -2.08. The maximum atomic E-state index is 13.7. The highest BCUT2D eigenvalue weighted by molar-refractivity contribution is 6.42. The molecule has 158 valence electrons. The Morgan fingerprint density at radius 1 is 1.00 bits per heavy atom. The number of nitrogens with zero attached hydrogens (tertiary/aromatic N) is 3. The van der Waals surface area contributed by atoms with Crippen LogP contribution in [0.2, 0.25) is 10.0 Å². The smallest absolute Gasteiger partial charge is 0.339 e. The monoisotopic (exact) mass is 468 g/mol. The minimum atomic E-state index is -4.86. The number of aromatic amines is 1. The fourth-order valence-electron chi connectivity index (χ4n) is 3.08. The van der Waals surface area contributed by atoms with Gasteiger partial charge in [-0.2, -0.15) is 22.8 Å². The minimum Gasteiger partial charge on any atom is -0.339 e. The predicted octanol–water partition coefficient (Wildman–Crippen LogP) is 5.59. The van der Waals surface area contributed by atoms with Gasteiger partial charge in [0.05, 0.1) is 26.2 Å². The lowest BCUT2D eigenvalue weighted by atomic mass is 10.1. The first-order chi connectivity index (χ1) is 14.6. The van der Waals surface area contributed by atoms with Crippen molar-refractivity contribution in [1.82, 2.24) is 14.6 Å². The summed E-state index contributed by atoms with van der Waals surface area (Å²) in [5.74, 6) is 0. The molecule has 7 nitrogen and oxygen atoms in total. The van der Waals surface area contributed by atoms with E-state index in [1.54, 1.807) is 0 Å². The second-order valence-electron chi connectivity index (χ2n) is 6.44. The van der Waals surface area contributed by atoms with Gasteiger partial charge >= 0.3 is 6.18 Å². The topological polar surface area (TPSA) is 93.3 Å². The van der Waals surface area contributed by atoms with Gasteiger partial charge in [-0.05, 0) is 35.4 Å². The Morgan fingerprint density at radius 3 is 2.23 bits per heavy atom. The molecular weight excluding hydrogens is 460 g/mol. The molecule has 12 heteroatoms. The van der Waals surface area contributed by atoms with E-state index in [2.05, 4.69) is 10.1 Å². The van der Waals surface area contributed by atoms with Gasteiger partial charge in [-0.3, -0.25) is 14.9 Å². The third kappa shape index (κ3) is 3.75. The summed E-state index contributed by atoms with van der Waals surface area (Å²) in [6.07, 6.45) is -4.86. The van der Waals surface area contributed by atoms with Crippen LogP contribution < -0.4 is 5.56 Å². The molecule has 31 heavy (non-hydrogen) atoms. The van der Waals surface area contributed by atoms with Crippen molar-refractivity contribution in [1.29, 1.82) is 0 Å². The average molecular weight is 469 g/mol. The first-order valence-corrected chi connectivity index (χ1v) is 9.25. The number of rotatable bonds is 3. The molecular formula is C19H9Cl2F3N4O3. The third-order valence-electron chi connectivity index (χ3n) is 4.48. The number of hydrogen-bond acceptors (Lipinski definition) is 4. The fraction of sp³-hybridized carbons (Fsp3) is 0.0526. The molecule has 2 heterocycles. The first-order valence-electron chi connectivity index (χ1n) is 8.50. The molecule has 0 saturated carbocycles. The molecule has 2 aromatic carbocycles. The van der Waals surface area contributed by atoms with E-state index < -0.39 is 22.4 Å². The maximum Gasteiger partial charge on any atom is 0.435 e. The van der Waals surface area contributed by atoms with Crippen LogP contribution in [0.5, 0.6) is 0 Å². The van der Waals surface area contributed by atoms with Crippen LogP contribution in [0, 0.1) is 10.1 Å². The SMILES string of the molecule is O=c1cc(-c2ccc([N+](=O)[O-])cc2)[nH]c2c(-c3ccc(Cl)c(Cl)c3)c(C(F)(F)F)nn12. The van der Waals surface area contributed by atoms with Crippen LogP contribution in [0.1, 0.15) is 5.69 Å².